The zero-order valence-electron chi connectivity index (χ0n) is 16.6. The lowest BCUT2D eigenvalue weighted by Crippen LogP contribution is -2.32. The molecule has 2 fully saturated rings. The van der Waals surface area contributed by atoms with Crippen LogP contribution >= 0.6 is 11.6 Å². The SMILES string of the molecule is O=S(=O)(c1ccc(CN2CCC(c3nc4cc(Cl)ccc4o3)CC2)o1)N1CCCC1. The first kappa shape index (κ1) is 20.1. The van der Waals surface area contributed by atoms with Gasteiger partial charge < -0.3 is 8.83 Å². The lowest BCUT2D eigenvalue weighted by molar-refractivity contribution is 0.178. The van der Waals surface area contributed by atoms with E-state index in [-0.39, 0.29) is 11.0 Å². The van der Waals surface area contributed by atoms with Crippen molar-refractivity contribution in [3.05, 3.63) is 47.0 Å². The molecular weight excluding hydrogens is 426 g/mol. The molecule has 3 aromatic rings. The molecule has 9 heteroatoms. The van der Waals surface area contributed by atoms with E-state index < -0.39 is 10.0 Å². The van der Waals surface area contributed by atoms with Crippen LogP contribution in [0.2, 0.25) is 5.02 Å². The largest absolute Gasteiger partial charge is 0.447 e. The second kappa shape index (κ2) is 8.00. The second-order valence-corrected chi connectivity index (χ2v) is 10.4. The Morgan fingerprint density at radius 2 is 1.80 bits per heavy atom. The zero-order chi connectivity index (χ0) is 20.7. The molecule has 2 aliphatic rings. The fourth-order valence-electron chi connectivity index (χ4n) is 4.29. The molecule has 0 bridgehead atoms. The van der Waals surface area contributed by atoms with Crippen LogP contribution in [0.25, 0.3) is 11.1 Å². The van der Waals surface area contributed by atoms with E-state index in [2.05, 4.69) is 9.88 Å². The van der Waals surface area contributed by atoms with Gasteiger partial charge in [0.2, 0.25) is 5.09 Å². The average molecular weight is 450 g/mol. The first-order valence-corrected chi connectivity index (χ1v) is 12.2. The Kier molecular flexibility index (Phi) is 5.35. The summed E-state index contributed by atoms with van der Waals surface area (Å²) in [4.78, 5) is 6.89. The van der Waals surface area contributed by atoms with E-state index in [0.717, 1.165) is 55.8 Å². The Balaban J connectivity index is 1.21. The minimum Gasteiger partial charge on any atom is -0.447 e. The topological polar surface area (TPSA) is 79.8 Å². The van der Waals surface area contributed by atoms with Gasteiger partial charge in [-0.05, 0) is 69.1 Å². The number of furan rings is 1. The van der Waals surface area contributed by atoms with Gasteiger partial charge in [0, 0.05) is 24.0 Å². The molecule has 30 heavy (non-hydrogen) atoms. The van der Waals surface area contributed by atoms with E-state index in [9.17, 15) is 8.42 Å². The molecule has 0 amide bonds. The van der Waals surface area contributed by atoms with E-state index in [0.29, 0.717) is 30.4 Å². The van der Waals surface area contributed by atoms with Gasteiger partial charge in [0.1, 0.15) is 11.3 Å². The van der Waals surface area contributed by atoms with Crippen LogP contribution in [0.3, 0.4) is 0 Å². The maximum atomic E-state index is 12.6. The van der Waals surface area contributed by atoms with Crippen LogP contribution in [-0.4, -0.2) is 48.8 Å². The van der Waals surface area contributed by atoms with Crippen molar-refractivity contribution in [3.63, 3.8) is 0 Å². The number of benzene rings is 1. The zero-order valence-corrected chi connectivity index (χ0v) is 18.2. The minimum absolute atomic E-state index is 0.0550. The van der Waals surface area contributed by atoms with Crippen molar-refractivity contribution in [2.24, 2.45) is 0 Å². The quantitative estimate of drug-likeness (QED) is 0.579. The molecule has 0 saturated carbocycles. The summed E-state index contributed by atoms with van der Waals surface area (Å²) in [6, 6.07) is 8.85. The highest BCUT2D eigenvalue weighted by Crippen LogP contribution is 2.31. The lowest BCUT2D eigenvalue weighted by Gasteiger charge is -2.29. The third kappa shape index (κ3) is 3.89. The Hall–Kier alpha value is -1.87. The van der Waals surface area contributed by atoms with E-state index >= 15 is 0 Å². The molecule has 0 N–H and O–H groups in total. The molecule has 0 atom stereocenters. The summed E-state index contributed by atoms with van der Waals surface area (Å²) < 4.78 is 38.4. The number of hydrogen-bond acceptors (Lipinski definition) is 6. The maximum absolute atomic E-state index is 12.6. The second-order valence-electron chi connectivity index (χ2n) is 8.05. The van der Waals surface area contributed by atoms with Crippen molar-refractivity contribution < 1.29 is 17.3 Å². The van der Waals surface area contributed by atoms with Gasteiger partial charge in [-0.3, -0.25) is 4.90 Å². The molecule has 0 aliphatic carbocycles. The van der Waals surface area contributed by atoms with Gasteiger partial charge in [0.25, 0.3) is 10.0 Å². The van der Waals surface area contributed by atoms with Gasteiger partial charge in [-0.15, -0.1) is 0 Å². The number of piperidine rings is 1. The molecule has 7 nitrogen and oxygen atoms in total. The number of halogens is 1. The average Bonchev–Trinajstić information content (AvgIpc) is 3.49. The smallest absolute Gasteiger partial charge is 0.276 e. The highest BCUT2D eigenvalue weighted by Gasteiger charge is 2.30. The molecule has 4 heterocycles. The van der Waals surface area contributed by atoms with Crippen molar-refractivity contribution in [1.82, 2.24) is 14.2 Å². The third-order valence-electron chi connectivity index (χ3n) is 5.98. The molecule has 2 aromatic heterocycles. The fraction of sp³-hybridized carbons (Fsp3) is 0.476. The van der Waals surface area contributed by atoms with Crippen molar-refractivity contribution in [2.45, 2.75) is 43.2 Å². The van der Waals surface area contributed by atoms with Crippen molar-refractivity contribution in [3.8, 4) is 0 Å². The van der Waals surface area contributed by atoms with Crippen LogP contribution < -0.4 is 0 Å². The molecular formula is C21H24ClN3O4S. The van der Waals surface area contributed by atoms with E-state index in [1.807, 2.05) is 18.2 Å². The van der Waals surface area contributed by atoms with Gasteiger partial charge in [0.15, 0.2) is 11.5 Å². The highest BCUT2D eigenvalue weighted by molar-refractivity contribution is 7.89. The number of rotatable bonds is 5. The molecule has 1 aromatic carbocycles. The normalized spacial score (nSPS) is 19.8. The summed E-state index contributed by atoms with van der Waals surface area (Å²) in [6.45, 7) is 3.51. The predicted octanol–water partition coefficient (Wildman–Crippen LogP) is 4.24. The monoisotopic (exact) mass is 449 g/mol. The van der Waals surface area contributed by atoms with Crippen LogP contribution in [-0.2, 0) is 16.6 Å². The third-order valence-corrected chi connectivity index (χ3v) is 7.99. The number of sulfonamides is 1. The molecule has 2 saturated heterocycles. The first-order valence-electron chi connectivity index (χ1n) is 10.4. The van der Waals surface area contributed by atoms with Gasteiger partial charge in [-0.2, -0.15) is 4.31 Å². The summed E-state index contributed by atoms with van der Waals surface area (Å²) in [5, 5.41) is 0.709. The van der Waals surface area contributed by atoms with Crippen LogP contribution in [0, 0.1) is 0 Å². The number of hydrogen-bond donors (Lipinski definition) is 0. The minimum atomic E-state index is -3.50. The summed E-state index contributed by atoms with van der Waals surface area (Å²) >= 11 is 6.04. The lowest BCUT2D eigenvalue weighted by atomic mass is 9.97. The predicted molar refractivity (Wildman–Crippen MR) is 113 cm³/mol. The van der Waals surface area contributed by atoms with Crippen LogP contribution in [0.4, 0.5) is 0 Å². The summed E-state index contributed by atoms with van der Waals surface area (Å²) in [7, 11) is -3.50. The van der Waals surface area contributed by atoms with Gasteiger partial charge in [0.05, 0.1) is 6.54 Å². The maximum Gasteiger partial charge on any atom is 0.276 e. The summed E-state index contributed by atoms with van der Waals surface area (Å²) in [5.41, 5.74) is 1.56. The Morgan fingerprint density at radius 3 is 2.57 bits per heavy atom. The number of fused-ring (bicyclic) bond motifs is 1. The summed E-state index contributed by atoms with van der Waals surface area (Å²) in [5.74, 6) is 1.72. The Morgan fingerprint density at radius 1 is 1.03 bits per heavy atom. The number of oxazole rings is 1. The molecule has 0 spiro atoms. The number of likely N-dealkylation sites (tertiary alicyclic amines) is 1. The van der Waals surface area contributed by atoms with Crippen LogP contribution in [0.5, 0.6) is 0 Å². The Bertz CT molecular complexity index is 1140. The fourth-order valence-corrected chi connectivity index (χ4v) is 5.90. The van der Waals surface area contributed by atoms with E-state index in [1.165, 1.54) is 4.31 Å². The van der Waals surface area contributed by atoms with Gasteiger partial charge in [-0.25, -0.2) is 13.4 Å². The molecule has 5 rings (SSSR count). The van der Waals surface area contributed by atoms with Gasteiger partial charge >= 0.3 is 0 Å². The van der Waals surface area contributed by atoms with Crippen LogP contribution in [0.1, 0.15) is 43.3 Å². The van der Waals surface area contributed by atoms with Crippen molar-refractivity contribution >= 4 is 32.7 Å². The van der Waals surface area contributed by atoms with Crippen molar-refractivity contribution in [1.29, 1.82) is 0 Å². The van der Waals surface area contributed by atoms with Crippen LogP contribution in [0.15, 0.2) is 44.3 Å². The standard InChI is InChI=1S/C21H24ClN3O4S/c22-16-3-5-19-18(13-16)23-21(29-19)15-7-11-24(12-8-15)14-17-4-6-20(28-17)30(26,27)25-9-1-2-10-25/h3-6,13,15H,1-2,7-12,14H2. The molecule has 2 aliphatic heterocycles. The van der Waals surface area contributed by atoms with E-state index in [1.54, 1.807) is 12.1 Å². The van der Waals surface area contributed by atoms with Gasteiger partial charge in [-0.1, -0.05) is 11.6 Å². The van der Waals surface area contributed by atoms with E-state index in [4.69, 9.17) is 20.4 Å². The first-order chi connectivity index (χ1) is 14.5. The highest BCUT2D eigenvalue weighted by atomic mass is 35.5. The van der Waals surface area contributed by atoms with Crippen molar-refractivity contribution in [2.75, 3.05) is 26.2 Å². The molecule has 0 radical (unpaired) electrons. The molecule has 160 valence electrons. The molecule has 0 unspecified atom stereocenters. The summed E-state index contributed by atoms with van der Waals surface area (Å²) in [6.07, 6.45) is 3.68. The Labute approximate surface area is 180 Å². The number of nitrogens with zero attached hydrogens (tertiary/aromatic N) is 3. The number of aromatic nitrogens is 1.